The van der Waals surface area contributed by atoms with Gasteiger partial charge in [0.2, 0.25) is 0 Å². The Morgan fingerprint density at radius 1 is 1.39 bits per heavy atom. The maximum absolute atomic E-state index is 12.2. The fourth-order valence-electron chi connectivity index (χ4n) is 1.99. The largest absolute Gasteiger partial charge is 0.345 e. The molecule has 1 atom stereocenters. The van der Waals surface area contributed by atoms with Gasteiger partial charge in [-0.1, -0.05) is 32.4 Å². The lowest BCUT2D eigenvalue weighted by atomic mass is 10.1. The van der Waals surface area contributed by atoms with Crippen LogP contribution in [0.5, 0.6) is 0 Å². The van der Waals surface area contributed by atoms with Crippen molar-refractivity contribution >= 4 is 16.3 Å². The van der Waals surface area contributed by atoms with Crippen LogP contribution in [0.15, 0.2) is 11.6 Å². The molecule has 0 saturated carbocycles. The summed E-state index contributed by atoms with van der Waals surface area (Å²) in [5.74, 6) is 0. The first kappa shape index (κ1) is 13.7. The topological polar surface area (TPSA) is 32.8 Å². The van der Waals surface area contributed by atoms with Crippen molar-refractivity contribution in [3.8, 4) is 0 Å². The van der Waals surface area contributed by atoms with Crippen molar-refractivity contribution < 1.29 is 9.08 Å². The third-order valence-electron chi connectivity index (χ3n) is 3.83. The SMILES string of the molecule is CC1=C[C@@H]2CN(C1)C(=O)N2OS(C)(C)C(C)(C)C. The summed E-state index contributed by atoms with van der Waals surface area (Å²) >= 11 is 0. The van der Waals surface area contributed by atoms with Crippen molar-refractivity contribution in [2.75, 3.05) is 25.6 Å². The molecule has 5 heteroatoms. The predicted octanol–water partition coefficient (Wildman–Crippen LogP) is 2.76. The summed E-state index contributed by atoms with van der Waals surface area (Å²) in [6, 6.07) is 0.0956. The van der Waals surface area contributed by atoms with Crippen LogP contribution in [0, 0.1) is 0 Å². The Labute approximate surface area is 111 Å². The molecule has 1 fully saturated rings. The minimum atomic E-state index is -1.32. The fourth-order valence-corrected chi connectivity index (χ4v) is 2.79. The third kappa shape index (κ3) is 2.26. The number of hydrogen-bond donors (Lipinski definition) is 0. The lowest BCUT2D eigenvalue weighted by Crippen LogP contribution is -2.38. The summed E-state index contributed by atoms with van der Waals surface area (Å²) in [6.45, 7) is 10.1. The molecule has 104 valence electrons. The quantitative estimate of drug-likeness (QED) is 0.724. The summed E-state index contributed by atoms with van der Waals surface area (Å²) < 4.78 is 6.17. The maximum Gasteiger partial charge on any atom is 0.345 e. The highest BCUT2D eigenvalue weighted by Crippen LogP contribution is 2.55. The molecule has 4 nitrogen and oxygen atoms in total. The zero-order chi connectivity index (χ0) is 13.7. The van der Waals surface area contributed by atoms with Crippen molar-refractivity contribution in [2.24, 2.45) is 0 Å². The summed E-state index contributed by atoms with van der Waals surface area (Å²) in [4.78, 5) is 14.1. The lowest BCUT2D eigenvalue weighted by molar-refractivity contribution is -0.000848. The molecule has 0 aromatic carbocycles. The van der Waals surface area contributed by atoms with Crippen LogP contribution in [0.3, 0.4) is 0 Å². The van der Waals surface area contributed by atoms with Crippen LogP contribution in [0.4, 0.5) is 4.79 Å². The van der Waals surface area contributed by atoms with Gasteiger partial charge in [0, 0.05) is 17.8 Å². The third-order valence-corrected chi connectivity index (χ3v) is 7.31. The average molecular weight is 272 g/mol. The first-order valence-corrected chi connectivity index (χ1v) is 8.67. The minimum Gasteiger partial charge on any atom is -0.316 e. The highest BCUT2D eigenvalue weighted by atomic mass is 32.3. The van der Waals surface area contributed by atoms with E-state index in [1.54, 1.807) is 5.06 Å². The number of hydroxylamine groups is 2. The molecule has 2 aliphatic rings. The van der Waals surface area contributed by atoms with E-state index in [9.17, 15) is 4.79 Å². The molecule has 0 N–H and O–H groups in total. The van der Waals surface area contributed by atoms with E-state index in [2.05, 4.69) is 46.3 Å². The van der Waals surface area contributed by atoms with Crippen LogP contribution in [0.25, 0.3) is 0 Å². The van der Waals surface area contributed by atoms with Gasteiger partial charge in [0.15, 0.2) is 0 Å². The Morgan fingerprint density at radius 2 is 2.00 bits per heavy atom. The number of carbonyl (C=O) groups excluding carboxylic acids is 1. The van der Waals surface area contributed by atoms with Gasteiger partial charge in [-0.2, -0.15) is 5.06 Å². The van der Waals surface area contributed by atoms with Gasteiger partial charge < -0.3 is 4.90 Å². The molecule has 1 saturated heterocycles. The molecule has 0 aromatic heterocycles. The highest BCUT2D eigenvalue weighted by molar-refractivity contribution is 8.29. The molecule has 0 spiro atoms. The minimum absolute atomic E-state index is 0.0120. The standard InChI is InChI=1S/C13H24N2O2S/c1-10-7-11-9-14(8-10)12(16)15(11)17-18(5,6)13(2,3)4/h7,11H,8-9H2,1-6H3/t11-/m1/s1. The van der Waals surface area contributed by atoms with E-state index in [0.717, 1.165) is 13.1 Å². The second-order valence-corrected chi connectivity index (χ2v) is 10.3. The van der Waals surface area contributed by atoms with E-state index in [1.165, 1.54) is 5.57 Å². The fraction of sp³-hybridized carbons (Fsp3) is 0.769. The van der Waals surface area contributed by atoms with Gasteiger partial charge in [0.05, 0.1) is 6.04 Å². The van der Waals surface area contributed by atoms with Gasteiger partial charge in [0.1, 0.15) is 0 Å². The van der Waals surface area contributed by atoms with Crippen LogP contribution in [0.1, 0.15) is 27.7 Å². The van der Waals surface area contributed by atoms with Gasteiger partial charge in [-0.15, -0.1) is 10.3 Å². The van der Waals surface area contributed by atoms with Crippen molar-refractivity contribution in [1.29, 1.82) is 0 Å². The number of fused-ring (bicyclic) bond motifs is 2. The van der Waals surface area contributed by atoms with Gasteiger partial charge in [-0.3, -0.25) is 0 Å². The van der Waals surface area contributed by atoms with E-state index >= 15 is 0 Å². The Kier molecular flexibility index (Phi) is 3.18. The Morgan fingerprint density at radius 3 is 2.56 bits per heavy atom. The number of urea groups is 1. The predicted molar refractivity (Wildman–Crippen MR) is 76.6 cm³/mol. The van der Waals surface area contributed by atoms with Crippen molar-refractivity contribution in [1.82, 2.24) is 9.96 Å². The molecule has 0 unspecified atom stereocenters. The molecule has 2 aliphatic heterocycles. The molecule has 2 bridgehead atoms. The van der Waals surface area contributed by atoms with Gasteiger partial charge in [-0.25, -0.2) is 9.08 Å². The van der Waals surface area contributed by atoms with Gasteiger partial charge in [0.25, 0.3) is 0 Å². The maximum atomic E-state index is 12.2. The van der Waals surface area contributed by atoms with E-state index in [-0.39, 0.29) is 16.8 Å². The van der Waals surface area contributed by atoms with Gasteiger partial charge in [-0.05, 0) is 19.4 Å². The monoisotopic (exact) mass is 272 g/mol. The van der Waals surface area contributed by atoms with Crippen molar-refractivity contribution in [2.45, 2.75) is 38.5 Å². The summed E-state index contributed by atoms with van der Waals surface area (Å²) in [5.41, 5.74) is 1.24. The van der Waals surface area contributed by atoms with Crippen LogP contribution in [-0.2, 0) is 4.28 Å². The summed E-state index contributed by atoms with van der Waals surface area (Å²) in [7, 11) is -1.32. The number of amides is 2. The van der Waals surface area contributed by atoms with E-state index < -0.39 is 10.3 Å². The number of carbonyl (C=O) groups is 1. The molecule has 2 rings (SSSR count). The first-order chi connectivity index (χ1) is 8.12. The lowest BCUT2D eigenvalue weighted by Gasteiger charge is -2.45. The normalized spacial score (nSPS) is 25.6. The zero-order valence-corrected chi connectivity index (χ0v) is 13.0. The number of hydrogen-bond acceptors (Lipinski definition) is 2. The van der Waals surface area contributed by atoms with Crippen LogP contribution in [-0.4, -0.2) is 52.4 Å². The molecule has 2 amide bonds. The number of rotatable bonds is 2. The molecular weight excluding hydrogens is 248 g/mol. The first-order valence-electron chi connectivity index (χ1n) is 6.30. The molecule has 2 heterocycles. The smallest absolute Gasteiger partial charge is 0.316 e. The van der Waals surface area contributed by atoms with E-state index in [1.807, 2.05) is 4.90 Å². The van der Waals surface area contributed by atoms with E-state index in [4.69, 9.17) is 4.28 Å². The van der Waals surface area contributed by atoms with Crippen molar-refractivity contribution in [3.63, 3.8) is 0 Å². The average Bonchev–Trinajstić information content (AvgIpc) is 2.40. The van der Waals surface area contributed by atoms with Gasteiger partial charge >= 0.3 is 6.03 Å². The summed E-state index contributed by atoms with van der Waals surface area (Å²) in [6.07, 6.45) is 6.39. The molecule has 0 aliphatic carbocycles. The van der Waals surface area contributed by atoms with E-state index in [0.29, 0.717) is 0 Å². The molecule has 0 aromatic rings. The second kappa shape index (κ2) is 4.17. The molecule has 0 radical (unpaired) electrons. The Hall–Kier alpha value is -0.680. The van der Waals surface area contributed by atoms with Crippen LogP contribution in [0.2, 0.25) is 0 Å². The van der Waals surface area contributed by atoms with Crippen molar-refractivity contribution in [3.05, 3.63) is 11.6 Å². The number of nitrogens with zero attached hydrogens (tertiary/aromatic N) is 2. The van der Waals surface area contributed by atoms with Crippen LogP contribution >= 0.6 is 10.3 Å². The van der Waals surface area contributed by atoms with Crippen LogP contribution < -0.4 is 0 Å². The molecular formula is C13H24N2O2S. The molecule has 18 heavy (non-hydrogen) atoms. The highest BCUT2D eigenvalue weighted by Gasteiger charge is 2.43. The summed E-state index contributed by atoms with van der Waals surface area (Å²) in [5, 5.41) is 1.59. The zero-order valence-electron chi connectivity index (χ0n) is 12.2. The Bertz CT molecular complexity index is 398. The Balaban J connectivity index is 2.18. The second-order valence-electron chi connectivity index (χ2n) is 6.49.